The Morgan fingerprint density at radius 1 is 1.28 bits per heavy atom. The third kappa shape index (κ3) is 2.63. The molecule has 1 aliphatic rings. The van der Waals surface area contributed by atoms with Crippen molar-refractivity contribution in [3.8, 4) is 0 Å². The maximum Gasteiger partial charge on any atom is 0.109 e. The van der Waals surface area contributed by atoms with Gasteiger partial charge in [-0.25, -0.2) is 0 Å². The van der Waals surface area contributed by atoms with E-state index >= 15 is 0 Å². The molecular formula is C15H24O2S. The van der Waals surface area contributed by atoms with Gasteiger partial charge in [0, 0.05) is 12.0 Å². The van der Waals surface area contributed by atoms with E-state index in [9.17, 15) is 5.11 Å². The third-order valence-electron chi connectivity index (χ3n) is 4.42. The van der Waals surface area contributed by atoms with E-state index in [0.717, 1.165) is 31.2 Å². The summed E-state index contributed by atoms with van der Waals surface area (Å²) in [5, 5.41) is 12.7. The zero-order valence-electron chi connectivity index (χ0n) is 11.8. The van der Waals surface area contributed by atoms with Crippen molar-refractivity contribution in [1.29, 1.82) is 0 Å². The van der Waals surface area contributed by atoms with Gasteiger partial charge in [-0.1, -0.05) is 13.8 Å². The molecule has 1 aromatic heterocycles. The Morgan fingerprint density at radius 2 is 1.89 bits per heavy atom. The van der Waals surface area contributed by atoms with Crippen molar-refractivity contribution in [3.63, 3.8) is 0 Å². The summed E-state index contributed by atoms with van der Waals surface area (Å²) in [6.07, 6.45) is 3.60. The molecule has 0 aliphatic heterocycles. The lowest BCUT2D eigenvalue weighted by atomic mass is 9.68. The highest BCUT2D eigenvalue weighted by atomic mass is 32.1. The van der Waals surface area contributed by atoms with Crippen molar-refractivity contribution in [1.82, 2.24) is 0 Å². The van der Waals surface area contributed by atoms with Gasteiger partial charge in [-0.05, 0) is 55.0 Å². The summed E-state index contributed by atoms with van der Waals surface area (Å²) in [6, 6.07) is 2.08. The standard InChI is InChI=1S/C15H24O2S/c1-11-9-12(10-18-11)13(16)15(17-4)7-5-14(2,3)6-8-15/h9-10,13,16H,5-8H2,1-4H3. The second-order valence-electron chi connectivity index (χ2n) is 6.33. The highest BCUT2D eigenvalue weighted by Gasteiger charge is 2.44. The van der Waals surface area contributed by atoms with E-state index in [2.05, 4.69) is 32.2 Å². The van der Waals surface area contributed by atoms with Crippen LogP contribution in [0.5, 0.6) is 0 Å². The first-order valence-electron chi connectivity index (χ1n) is 6.67. The van der Waals surface area contributed by atoms with Gasteiger partial charge in [-0.2, -0.15) is 0 Å². The lowest BCUT2D eigenvalue weighted by molar-refractivity contribution is -0.138. The van der Waals surface area contributed by atoms with Crippen LogP contribution >= 0.6 is 11.3 Å². The van der Waals surface area contributed by atoms with Crippen LogP contribution in [-0.2, 0) is 4.74 Å². The Labute approximate surface area is 114 Å². The maximum absolute atomic E-state index is 10.7. The molecule has 1 unspecified atom stereocenters. The van der Waals surface area contributed by atoms with Crippen molar-refractivity contribution in [3.05, 3.63) is 21.9 Å². The van der Waals surface area contributed by atoms with Crippen LogP contribution in [-0.4, -0.2) is 17.8 Å². The van der Waals surface area contributed by atoms with Crippen LogP contribution < -0.4 is 0 Å². The number of ether oxygens (including phenoxy) is 1. The monoisotopic (exact) mass is 268 g/mol. The van der Waals surface area contributed by atoms with Gasteiger partial charge in [0.2, 0.25) is 0 Å². The Hall–Kier alpha value is -0.380. The number of aliphatic hydroxyl groups is 1. The molecule has 1 N–H and O–H groups in total. The van der Waals surface area contributed by atoms with E-state index in [1.807, 2.05) is 0 Å². The van der Waals surface area contributed by atoms with E-state index in [0.29, 0.717) is 5.41 Å². The Kier molecular flexibility index (Phi) is 3.86. The molecule has 102 valence electrons. The number of thiophene rings is 1. The number of aliphatic hydroxyl groups excluding tert-OH is 1. The summed E-state index contributed by atoms with van der Waals surface area (Å²) in [7, 11) is 1.74. The highest BCUT2D eigenvalue weighted by molar-refractivity contribution is 7.10. The number of methoxy groups -OCH3 is 1. The van der Waals surface area contributed by atoms with E-state index < -0.39 is 6.10 Å². The van der Waals surface area contributed by atoms with Crippen LogP contribution in [0.3, 0.4) is 0 Å². The molecule has 2 nitrogen and oxygen atoms in total. The lowest BCUT2D eigenvalue weighted by Gasteiger charge is -2.45. The molecule has 2 rings (SSSR count). The minimum atomic E-state index is -0.497. The highest BCUT2D eigenvalue weighted by Crippen LogP contribution is 2.47. The van der Waals surface area contributed by atoms with Crippen LogP contribution in [0, 0.1) is 12.3 Å². The summed E-state index contributed by atoms with van der Waals surface area (Å²) in [5.74, 6) is 0. The molecule has 0 bridgehead atoms. The fraction of sp³-hybridized carbons (Fsp3) is 0.733. The zero-order chi connectivity index (χ0) is 13.4. The average molecular weight is 268 g/mol. The fourth-order valence-electron chi connectivity index (χ4n) is 2.85. The Balaban J connectivity index is 2.18. The summed E-state index contributed by atoms with van der Waals surface area (Å²) in [5.41, 5.74) is 1.01. The topological polar surface area (TPSA) is 29.5 Å². The van der Waals surface area contributed by atoms with Crippen molar-refractivity contribution in [2.24, 2.45) is 5.41 Å². The molecule has 0 saturated heterocycles. The third-order valence-corrected chi connectivity index (χ3v) is 5.30. The maximum atomic E-state index is 10.7. The number of rotatable bonds is 3. The quantitative estimate of drug-likeness (QED) is 0.895. The van der Waals surface area contributed by atoms with E-state index in [4.69, 9.17) is 4.74 Å². The summed E-state index contributed by atoms with van der Waals surface area (Å²) in [4.78, 5) is 1.24. The predicted octanol–water partition coefficient (Wildman–Crippen LogP) is 4.08. The smallest absolute Gasteiger partial charge is 0.109 e. The molecule has 1 aromatic rings. The van der Waals surface area contributed by atoms with E-state index in [-0.39, 0.29) is 5.60 Å². The summed E-state index contributed by atoms with van der Waals surface area (Å²) < 4.78 is 5.75. The van der Waals surface area contributed by atoms with Crippen LogP contribution in [0.2, 0.25) is 0 Å². The molecule has 1 atom stereocenters. The fourth-order valence-corrected chi connectivity index (χ4v) is 3.57. The molecule has 18 heavy (non-hydrogen) atoms. The molecule has 0 radical (unpaired) electrons. The SMILES string of the molecule is COC1(C(O)c2csc(C)c2)CCC(C)(C)CC1. The largest absolute Gasteiger partial charge is 0.385 e. The van der Waals surface area contributed by atoms with Crippen LogP contribution in [0.25, 0.3) is 0 Å². The number of hydrogen-bond donors (Lipinski definition) is 1. The van der Waals surface area contributed by atoms with Crippen molar-refractivity contribution in [2.75, 3.05) is 7.11 Å². The van der Waals surface area contributed by atoms with Gasteiger partial charge in [-0.15, -0.1) is 11.3 Å². The first-order valence-corrected chi connectivity index (χ1v) is 7.55. The van der Waals surface area contributed by atoms with Crippen molar-refractivity contribution in [2.45, 2.75) is 58.2 Å². The summed E-state index contributed by atoms with van der Waals surface area (Å²) >= 11 is 1.69. The first kappa shape index (κ1) is 14.0. The van der Waals surface area contributed by atoms with Gasteiger partial charge in [0.25, 0.3) is 0 Å². The van der Waals surface area contributed by atoms with Gasteiger partial charge in [-0.3, -0.25) is 0 Å². The second-order valence-corrected chi connectivity index (χ2v) is 7.44. The molecule has 0 spiro atoms. The first-order chi connectivity index (χ1) is 8.38. The van der Waals surface area contributed by atoms with Gasteiger partial charge in [0.05, 0.1) is 5.60 Å². The lowest BCUT2D eigenvalue weighted by Crippen LogP contribution is -2.43. The minimum absolute atomic E-state index is 0.381. The average Bonchev–Trinajstić information content (AvgIpc) is 2.76. The van der Waals surface area contributed by atoms with Crippen LogP contribution in [0.15, 0.2) is 11.4 Å². The van der Waals surface area contributed by atoms with Crippen LogP contribution in [0.4, 0.5) is 0 Å². The van der Waals surface area contributed by atoms with E-state index in [1.54, 1.807) is 18.4 Å². The molecule has 1 fully saturated rings. The van der Waals surface area contributed by atoms with Gasteiger partial charge < -0.3 is 9.84 Å². The van der Waals surface area contributed by atoms with Gasteiger partial charge in [0.15, 0.2) is 0 Å². The summed E-state index contributed by atoms with van der Waals surface area (Å²) in [6.45, 7) is 6.67. The zero-order valence-corrected chi connectivity index (χ0v) is 12.6. The molecule has 1 saturated carbocycles. The Bertz CT molecular complexity index is 398. The van der Waals surface area contributed by atoms with Gasteiger partial charge >= 0.3 is 0 Å². The molecule has 1 aliphatic carbocycles. The van der Waals surface area contributed by atoms with Gasteiger partial charge in [0.1, 0.15) is 6.10 Å². The van der Waals surface area contributed by atoms with Crippen LogP contribution in [0.1, 0.15) is 56.1 Å². The minimum Gasteiger partial charge on any atom is -0.385 e. The molecule has 0 aromatic carbocycles. The molecule has 0 amide bonds. The van der Waals surface area contributed by atoms with E-state index in [1.165, 1.54) is 4.88 Å². The molecule has 3 heteroatoms. The predicted molar refractivity (Wildman–Crippen MR) is 76.0 cm³/mol. The Morgan fingerprint density at radius 3 is 2.33 bits per heavy atom. The molecule has 1 heterocycles. The van der Waals surface area contributed by atoms with Crippen molar-refractivity contribution < 1.29 is 9.84 Å². The number of aryl methyl sites for hydroxylation is 1. The second kappa shape index (κ2) is 4.95. The molecular weight excluding hydrogens is 244 g/mol. The van der Waals surface area contributed by atoms with Crippen molar-refractivity contribution >= 4 is 11.3 Å². The number of hydrogen-bond acceptors (Lipinski definition) is 3. The normalized spacial score (nSPS) is 23.8.